The van der Waals surface area contributed by atoms with Crippen LogP contribution in [0.4, 0.5) is 4.39 Å². The second-order valence-electron chi connectivity index (χ2n) is 4.89. The molecule has 0 atom stereocenters. The van der Waals surface area contributed by atoms with Gasteiger partial charge in [-0.05, 0) is 49.4 Å². The van der Waals surface area contributed by atoms with Gasteiger partial charge in [0, 0.05) is 18.2 Å². The lowest BCUT2D eigenvalue weighted by atomic mass is 10.1. The molecule has 1 aromatic carbocycles. The summed E-state index contributed by atoms with van der Waals surface area (Å²) in [6.07, 6.45) is 2.79. The summed E-state index contributed by atoms with van der Waals surface area (Å²) in [6.45, 7) is 2.60. The van der Waals surface area contributed by atoms with Gasteiger partial charge in [0.1, 0.15) is 11.5 Å². The Hall–Kier alpha value is -2.20. The van der Waals surface area contributed by atoms with Gasteiger partial charge in [-0.2, -0.15) is 0 Å². The summed E-state index contributed by atoms with van der Waals surface area (Å²) < 4.78 is 15.1. The van der Waals surface area contributed by atoms with Crippen LogP contribution in [0.1, 0.15) is 11.3 Å². The van der Waals surface area contributed by atoms with E-state index < -0.39 is 0 Å². The van der Waals surface area contributed by atoms with E-state index in [0.29, 0.717) is 6.54 Å². The number of imidazole rings is 1. The van der Waals surface area contributed by atoms with E-state index in [-0.39, 0.29) is 5.82 Å². The van der Waals surface area contributed by atoms with Gasteiger partial charge in [0.05, 0.1) is 11.4 Å². The molecule has 0 aliphatic heterocycles. The van der Waals surface area contributed by atoms with E-state index in [0.717, 1.165) is 29.0 Å². The van der Waals surface area contributed by atoms with Crippen LogP contribution in [-0.2, 0) is 6.42 Å². The Morgan fingerprint density at radius 2 is 1.90 bits per heavy atom. The highest BCUT2D eigenvalue weighted by Gasteiger charge is 2.13. The zero-order valence-electron chi connectivity index (χ0n) is 11.3. The van der Waals surface area contributed by atoms with Gasteiger partial charge in [-0.15, -0.1) is 0 Å². The van der Waals surface area contributed by atoms with E-state index in [1.165, 1.54) is 17.7 Å². The minimum absolute atomic E-state index is 0.242. The Morgan fingerprint density at radius 3 is 2.60 bits per heavy atom. The minimum Gasteiger partial charge on any atom is -0.330 e. The monoisotopic (exact) mass is 269 g/mol. The van der Waals surface area contributed by atoms with Crippen LogP contribution in [0.15, 0.2) is 42.6 Å². The maximum Gasteiger partial charge on any atom is 0.137 e. The minimum atomic E-state index is -0.242. The molecular formula is C16H16FN3. The number of nitrogens with zero attached hydrogens (tertiary/aromatic N) is 2. The first-order chi connectivity index (χ1) is 9.69. The molecule has 0 radical (unpaired) electrons. The number of aromatic nitrogens is 2. The van der Waals surface area contributed by atoms with Crippen molar-refractivity contribution in [3.8, 4) is 11.3 Å². The van der Waals surface area contributed by atoms with Crippen molar-refractivity contribution in [3.05, 3.63) is 59.7 Å². The summed E-state index contributed by atoms with van der Waals surface area (Å²) in [5.74, 6) is -0.242. The average Bonchev–Trinajstić information content (AvgIpc) is 2.79. The third-order valence-corrected chi connectivity index (χ3v) is 3.36. The Labute approximate surface area is 116 Å². The third kappa shape index (κ3) is 2.18. The van der Waals surface area contributed by atoms with E-state index in [1.807, 2.05) is 19.1 Å². The quantitative estimate of drug-likeness (QED) is 0.794. The third-order valence-electron chi connectivity index (χ3n) is 3.36. The van der Waals surface area contributed by atoms with Crippen molar-refractivity contribution in [2.75, 3.05) is 6.54 Å². The Bertz CT molecular complexity index is 744. The normalized spacial score (nSPS) is 11.2. The molecule has 0 saturated heterocycles. The van der Waals surface area contributed by atoms with Crippen molar-refractivity contribution in [1.29, 1.82) is 0 Å². The molecule has 0 fully saturated rings. The SMILES string of the molecule is Cc1ccc2nc(-c3ccc(F)cc3)c(CCN)n2c1. The summed E-state index contributed by atoms with van der Waals surface area (Å²) in [5.41, 5.74) is 10.6. The summed E-state index contributed by atoms with van der Waals surface area (Å²) >= 11 is 0. The predicted octanol–water partition coefficient (Wildman–Crippen LogP) is 2.95. The van der Waals surface area contributed by atoms with E-state index in [9.17, 15) is 4.39 Å². The van der Waals surface area contributed by atoms with Gasteiger partial charge in [0.25, 0.3) is 0 Å². The van der Waals surface area contributed by atoms with Crippen molar-refractivity contribution < 1.29 is 4.39 Å². The van der Waals surface area contributed by atoms with E-state index in [4.69, 9.17) is 5.73 Å². The summed E-state index contributed by atoms with van der Waals surface area (Å²) in [7, 11) is 0. The van der Waals surface area contributed by atoms with Crippen molar-refractivity contribution in [1.82, 2.24) is 9.38 Å². The van der Waals surface area contributed by atoms with Gasteiger partial charge < -0.3 is 10.1 Å². The van der Waals surface area contributed by atoms with E-state index in [2.05, 4.69) is 15.6 Å². The van der Waals surface area contributed by atoms with Crippen LogP contribution in [0.5, 0.6) is 0 Å². The molecule has 3 aromatic rings. The smallest absolute Gasteiger partial charge is 0.137 e. The predicted molar refractivity (Wildman–Crippen MR) is 78.1 cm³/mol. The number of fused-ring (bicyclic) bond motifs is 1. The van der Waals surface area contributed by atoms with Crippen LogP contribution >= 0.6 is 0 Å². The first kappa shape index (κ1) is 12.8. The van der Waals surface area contributed by atoms with Crippen molar-refractivity contribution in [3.63, 3.8) is 0 Å². The Balaban J connectivity index is 2.23. The van der Waals surface area contributed by atoms with Gasteiger partial charge in [0.15, 0.2) is 0 Å². The average molecular weight is 269 g/mol. The molecule has 102 valence electrons. The van der Waals surface area contributed by atoms with Crippen LogP contribution in [0, 0.1) is 12.7 Å². The van der Waals surface area contributed by atoms with Crippen molar-refractivity contribution in [2.24, 2.45) is 5.73 Å². The highest BCUT2D eigenvalue weighted by molar-refractivity contribution is 5.66. The fraction of sp³-hybridized carbons (Fsp3) is 0.188. The molecule has 0 aliphatic carbocycles. The van der Waals surface area contributed by atoms with Gasteiger partial charge in [0.2, 0.25) is 0 Å². The van der Waals surface area contributed by atoms with E-state index >= 15 is 0 Å². The number of halogens is 1. The van der Waals surface area contributed by atoms with Crippen LogP contribution in [0.25, 0.3) is 16.9 Å². The molecule has 4 heteroatoms. The maximum atomic E-state index is 13.1. The first-order valence-electron chi connectivity index (χ1n) is 6.62. The molecule has 3 rings (SSSR count). The van der Waals surface area contributed by atoms with Gasteiger partial charge in [-0.25, -0.2) is 9.37 Å². The summed E-state index contributed by atoms with van der Waals surface area (Å²) in [5, 5.41) is 0. The number of hydrogen-bond donors (Lipinski definition) is 1. The van der Waals surface area contributed by atoms with Crippen molar-refractivity contribution in [2.45, 2.75) is 13.3 Å². The summed E-state index contributed by atoms with van der Waals surface area (Å²) in [6, 6.07) is 10.4. The molecule has 20 heavy (non-hydrogen) atoms. The molecule has 2 heterocycles. The zero-order valence-corrected chi connectivity index (χ0v) is 11.3. The van der Waals surface area contributed by atoms with Crippen LogP contribution in [0.3, 0.4) is 0 Å². The van der Waals surface area contributed by atoms with E-state index in [1.54, 1.807) is 12.1 Å². The van der Waals surface area contributed by atoms with Crippen LogP contribution < -0.4 is 5.73 Å². The molecule has 3 nitrogen and oxygen atoms in total. The van der Waals surface area contributed by atoms with Crippen LogP contribution in [0.2, 0.25) is 0 Å². The molecule has 0 aliphatic rings. The lowest BCUT2D eigenvalue weighted by molar-refractivity contribution is 0.628. The molecular weight excluding hydrogens is 253 g/mol. The number of aryl methyl sites for hydroxylation is 1. The largest absolute Gasteiger partial charge is 0.330 e. The second-order valence-corrected chi connectivity index (χ2v) is 4.89. The molecule has 0 saturated carbocycles. The Kier molecular flexibility index (Phi) is 3.24. The van der Waals surface area contributed by atoms with Gasteiger partial charge >= 0.3 is 0 Å². The highest BCUT2D eigenvalue weighted by Crippen LogP contribution is 2.25. The number of rotatable bonds is 3. The van der Waals surface area contributed by atoms with Gasteiger partial charge in [-0.3, -0.25) is 0 Å². The maximum absolute atomic E-state index is 13.1. The fourth-order valence-electron chi connectivity index (χ4n) is 2.41. The highest BCUT2D eigenvalue weighted by atomic mass is 19.1. The standard InChI is InChI=1S/C16H16FN3/c1-11-2-7-15-19-16(12-3-5-13(17)6-4-12)14(8-9-18)20(15)10-11/h2-7,10H,8-9,18H2,1H3. The van der Waals surface area contributed by atoms with Crippen molar-refractivity contribution >= 4 is 5.65 Å². The van der Waals surface area contributed by atoms with Gasteiger partial charge in [-0.1, -0.05) is 6.07 Å². The molecule has 2 aromatic heterocycles. The van der Waals surface area contributed by atoms with Crippen LogP contribution in [-0.4, -0.2) is 15.9 Å². The second kappa shape index (κ2) is 5.06. The Morgan fingerprint density at radius 1 is 1.15 bits per heavy atom. The number of pyridine rings is 1. The molecule has 2 N–H and O–H groups in total. The summed E-state index contributed by atoms with van der Waals surface area (Å²) in [4.78, 5) is 4.66. The fourth-order valence-corrected chi connectivity index (χ4v) is 2.41. The lowest BCUT2D eigenvalue weighted by Crippen LogP contribution is -2.06. The first-order valence-corrected chi connectivity index (χ1v) is 6.62. The zero-order chi connectivity index (χ0) is 14.1. The number of benzene rings is 1. The number of nitrogens with two attached hydrogens (primary N) is 1. The number of hydrogen-bond acceptors (Lipinski definition) is 2. The lowest BCUT2D eigenvalue weighted by Gasteiger charge is -2.04. The molecule has 0 amide bonds. The molecule has 0 bridgehead atoms. The molecule has 0 spiro atoms. The topological polar surface area (TPSA) is 43.3 Å². The molecule has 0 unspecified atom stereocenters.